The van der Waals surface area contributed by atoms with Gasteiger partial charge in [-0.05, 0) is 52.2 Å². The summed E-state index contributed by atoms with van der Waals surface area (Å²) in [6.45, 7) is 7.12. The smallest absolute Gasteiger partial charge is 0.408 e. The molecule has 0 aliphatic heterocycles. The molecule has 2 atom stereocenters. The highest BCUT2D eigenvalue weighted by Gasteiger charge is 2.44. The number of carbonyl (C=O) groups is 4. The number of hydrogen-bond acceptors (Lipinski definition) is 7. The van der Waals surface area contributed by atoms with Gasteiger partial charge in [-0.3, -0.25) is 14.4 Å². The van der Waals surface area contributed by atoms with Gasteiger partial charge in [-0.25, -0.2) is 4.79 Å². The van der Waals surface area contributed by atoms with E-state index in [9.17, 15) is 19.2 Å². The topological polar surface area (TPSA) is 114 Å². The summed E-state index contributed by atoms with van der Waals surface area (Å²) in [4.78, 5) is 52.8. The molecule has 9 nitrogen and oxygen atoms in total. The van der Waals surface area contributed by atoms with Crippen LogP contribution in [0.5, 0.6) is 0 Å². The van der Waals surface area contributed by atoms with Gasteiger partial charge in [0, 0.05) is 23.9 Å². The quantitative estimate of drug-likeness (QED) is 0.236. The van der Waals surface area contributed by atoms with Crippen molar-refractivity contribution in [3.05, 3.63) is 35.4 Å². The van der Waals surface area contributed by atoms with Gasteiger partial charge < -0.3 is 25.0 Å². The number of carbonyl (C=O) groups excluding carboxylic acids is 4. The molecule has 1 fully saturated rings. The third-order valence-electron chi connectivity index (χ3n) is 5.24. The van der Waals surface area contributed by atoms with Gasteiger partial charge in [0.2, 0.25) is 11.8 Å². The van der Waals surface area contributed by atoms with Gasteiger partial charge in [0.25, 0.3) is 0 Å². The average Bonchev–Trinajstić information content (AvgIpc) is 3.64. The van der Waals surface area contributed by atoms with Crippen LogP contribution in [0.15, 0.2) is 24.3 Å². The monoisotopic (exact) mass is 517 g/mol. The van der Waals surface area contributed by atoms with Crippen molar-refractivity contribution < 1.29 is 28.7 Å². The lowest BCUT2D eigenvalue weighted by Crippen LogP contribution is -2.54. The second-order valence-corrected chi connectivity index (χ2v) is 9.70. The first-order valence-corrected chi connectivity index (χ1v) is 12.6. The Morgan fingerprint density at radius 2 is 1.89 bits per heavy atom. The Hall–Kier alpha value is -3.19. The molecule has 3 amide bonds. The Bertz CT molecular complexity index is 996. The van der Waals surface area contributed by atoms with Crippen molar-refractivity contribution in [1.29, 1.82) is 0 Å². The molecule has 0 radical (unpaired) electrons. The lowest BCUT2D eigenvalue weighted by Gasteiger charge is -2.34. The summed E-state index contributed by atoms with van der Waals surface area (Å²) in [5.41, 5.74) is 0.186. The zero-order valence-corrected chi connectivity index (χ0v) is 22.1. The first-order valence-electron chi connectivity index (χ1n) is 11.9. The number of thiol groups is 1. The molecule has 2 unspecified atom stereocenters. The summed E-state index contributed by atoms with van der Waals surface area (Å²) in [7, 11) is 0. The van der Waals surface area contributed by atoms with E-state index in [4.69, 9.17) is 15.9 Å². The predicted octanol–water partition coefficient (Wildman–Crippen LogP) is 2.59. The fourth-order valence-corrected chi connectivity index (χ4v) is 3.84. The molecular weight excluding hydrogens is 482 g/mol. The lowest BCUT2D eigenvalue weighted by atomic mass is 9.97. The van der Waals surface area contributed by atoms with Crippen molar-refractivity contribution in [2.45, 2.75) is 70.7 Å². The minimum Gasteiger partial charge on any atom is -0.466 e. The molecule has 2 N–H and O–H groups in total. The van der Waals surface area contributed by atoms with Crippen molar-refractivity contribution in [2.75, 3.05) is 18.9 Å². The van der Waals surface area contributed by atoms with E-state index in [2.05, 4.69) is 29.2 Å². The van der Waals surface area contributed by atoms with Crippen molar-refractivity contribution in [3.8, 4) is 12.3 Å². The Morgan fingerprint density at radius 1 is 1.22 bits per heavy atom. The number of nitrogens with one attached hydrogen (secondary N) is 2. The fraction of sp³-hybridized carbons (Fsp3) is 0.538. The maximum Gasteiger partial charge on any atom is 0.408 e. The van der Waals surface area contributed by atoms with Gasteiger partial charge in [-0.1, -0.05) is 24.1 Å². The van der Waals surface area contributed by atoms with Crippen molar-refractivity contribution >= 4 is 36.5 Å². The van der Waals surface area contributed by atoms with Crippen LogP contribution >= 0.6 is 12.6 Å². The third-order valence-corrected chi connectivity index (χ3v) is 5.60. The predicted molar refractivity (Wildman–Crippen MR) is 138 cm³/mol. The van der Waals surface area contributed by atoms with E-state index in [0.29, 0.717) is 24.0 Å². The van der Waals surface area contributed by atoms with E-state index in [1.807, 2.05) is 0 Å². The molecule has 1 aromatic rings. The number of terminal acetylenes is 1. The number of hydrogen-bond donors (Lipinski definition) is 3. The highest BCUT2D eigenvalue weighted by molar-refractivity contribution is 7.80. The van der Waals surface area contributed by atoms with Crippen molar-refractivity contribution in [2.24, 2.45) is 0 Å². The Kier molecular flexibility index (Phi) is 10.7. The summed E-state index contributed by atoms with van der Waals surface area (Å²) >= 11 is 4.27. The molecule has 1 saturated carbocycles. The van der Waals surface area contributed by atoms with E-state index in [0.717, 1.165) is 0 Å². The van der Waals surface area contributed by atoms with E-state index in [1.54, 1.807) is 52.0 Å². The third kappa shape index (κ3) is 8.48. The van der Waals surface area contributed by atoms with Crippen molar-refractivity contribution in [1.82, 2.24) is 15.5 Å². The standard InChI is InChI=1S/C26H35N3O6S/c1-6-17-10-8-9-11-19(17)22(23(31)27-15-14-21(30)34-7-2)29(18-12-13-18)24(32)20(16-36)28-25(33)35-26(3,4)5/h1,8-11,18,20,22,36H,7,12-16H2,2-5H3,(H,27,31)(H,28,33). The molecule has 36 heavy (non-hydrogen) atoms. The molecule has 0 heterocycles. The molecule has 1 aromatic carbocycles. The number of nitrogens with zero attached hydrogens (tertiary/aromatic N) is 1. The minimum absolute atomic E-state index is 0.00468. The molecule has 0 bridgehead atoms. The molecule has 0 aromatic heterocycles. The SMILES string of the molecule is C#Cc1ccccc1C(C(=O)NCCC(=O)OCC)N(C(=O)C(CS)NC(=O)OC(C)(C)C)C1CC1. The second-order valence-electron chi connectivity index (χ2n) is 9.34. The molecule has 1 aliphatic rings. The van der Waals surface area contributed by atoms with Crippen LogP contribution in [-0.4, -0.2) is 65.4 Å². The number of ether oxygens (including phenoxy) is 2. The second kappa shape index (κ2) is 13.2. The van der Waals surface area contributed by atoms with Gasteiger partial charge in [-0.2, -0.15) is 12.6 Å². The van der Waals surface area contributed by atoms with Crippen LogP contribution in [0.4, 0.5) is 4.79 Å². The van der Waals surface area contributed by atoms with E-state index in [1.165, 1.54) is 4.90 Å². The number of benzene rings is 1. The van der Waals surface area contributed by atoms with E-state index < -0.39 is 41.6 Å². The van der Waals surface area contributed by atoms with Crippen LogP contribution in [-0.2, 0) is 23.9 Å². The summed E-state index contributed by atoms with van der Waals surface area (Å²) in [6, 6.07) is 4.56. The maximum atomic E-state index is 13.7. The maximum absolute atomic E-state index is 13.7. The molecule has 0 spiro atoms. The van der Waals surface area contributed by atoms with Crippen molar-refractivity contribution in [3.63, 3.8) is 0 Å². The highest BCUT2D eigenvalue weighted by atomic mass is 32.1. The average molecular weight is 518 g/mol. The van der Waals surface area contributed by atoms with Gasteiger partial charge >= 0.3 is 12.1 Å². The van der Waals surface area contributed by atoms with Gasteiger partial charge in [0.15, 0.2) is 0 Å². The normalized spacial score (nSPS) is 14.6. The zero-order chi connectivity index (χ0) is 26.9. The number of amides is 3. The summed E-state index contributed by atoms with van der Waals surface area (Å²) < 4.78 is 10.2. The largest absolute Gasteiger partial charge is 0.466 e. The number of rotatable bonds is 11. The molecule has 0 saturated heterocycles. The van der Waals surface area contributed by atoms with Crippen LogP contribution < -0.4 is 10.6 Å². The minimum atomic E-state index is -1.07. The van der Waals surface area contributed by atoms with Gasteiger partial charge in [0.1, 0.15) is 17.7 Å². The lowest BCUT2D eigenvalue weighted by molar-refractivity contribution is -0.144. The first kappa shape index (κ1) is 29.0. The van der Waals surface area contributed by atoms with E-state index in [-0.39, 0.29) is 31.4 Å². The highest BCUT2D eigenvalue weighted by Crippen LogP contribution is 2.36. The molecule has 2 rings (SSSR count). The molecule has 10 heteroatoms. The first-order chi connectivity index (χ1) is 17.0. The Labute approximate surface area is 218 Å². The summed E-state index contributed by atoms with van der Waals surface area (Å²) in [5.74, 6) is 1.17. The van der Waals surface area contributed by atoms with Gasteiger partial charge in [0.05, 0.1) is 13.0 Å². The van der Waals surface area contributed by atoms with Crippen LogP contribution in [0.1, 0.15) is 64.1 Å². The van der Waals surface area contributed by atoms with Crippen LogP contribution in [0, 0.1) is 12.3 Å². The van der Waals surface area contributed by atoms with Gasteiger partial charge in [-0.15, -0.1) is 6.42 Å². The van der Waals surface area contributed by atoms with Crippen LogP contribution in [0.25, 0.3) is 0 Å². The molecule has 196 valence electrons. The Balaban J connectivity index is 2.36. The molecular formula is C26H35N3O6S. The number of alkyl carbamates (subject to hydrolysis) is 1. The van der Waals surface area contributed by atoms with E-state index >= 15 is 0 Å². The number of esters is 1. The summed E-state index contributed by atoms with van der Waals surface area (Å²) in [5, 5.41) is 5.31. The fourth-order valence-electron chi connectivity index (χ4n) is 3.59. The zero-order valence-electron chi connectivity index (χ0n) is 21.2. The summed E-state index contributed by atoms with van der Waals surface area (Å²) in [6.07, 6.45) is 6.33. The Morgan fingerprint density at radius 3 is 2.44 bits per heavy atom. The van der Waals surface area contributed by atoms with Crippen LogP contribution in [0.3, 0.4) is 0 Å². The molecule has 1 aliphatic carbocycles. The van der Waals surface area contributed by atoms with Crippen LogP contribution in [0.2, 0.25) is 0 Å².